The zero-order valence-corrected chi connectivity index (χ0v) is 18.3. The van der Waals surface area contributed by atoms with E-state index in [-0.39, 0.29) is 21.9 Å². The molecule has 0 aliphatic carbocycles. The van der Waals surface area contributed by atoms with Crippen molar-refractivity contribution in [2.75, 3.05) is 19.1 Å². The lowest BCUT2D eigenvalue weighted by atomic mass is 9.98. The van der Waals surface area contributed by atoms with Crippen LogP contribution in [0.15, 0.2) is 64.8 Å². The highest BCUT2D eigenvalue weighted by atomic mass is 35.5. The molecule has 0 saturated carbocycles. The number of hydrogen-bond acceptors (Lipinski definition) is 6. The van der Waals surface area contributed by atoms with E-state index in [1.165, 1.54) is 37.5 Å². The van der Waals surface area contributed by atoms with Crippen molar-refractivity contribution >= 4 is 34.7 Å². The van der Waals surface area contributed by atoms with Crippen molar-refractivity contribution in [3.05, 3.63) is 82.3 Å². The number of benzene rings is 2. The molecule has 0 spiro atoms. The number of carbonyl (C=O) groups is 2. The first kappa shape index (κ1) is 21.5. The Labute approximate surface area is 189 Å². The predicted molar refractivity (Wildman–Crippen MR) is 119 cm³/mol. The number of aryl methyl sites for hydroxylation is 1. The van der Waals surface area contributed by atoms with Gasteiger partial charge in [-0.3, -0.25) is 14.5 Å². The van der Waals surface area contributed by atoms with Gasteiger partial charge >= 0.3 is 0 Å². The lowest BCUT2D eigenvalue weighted by Crippen LogP contribution is -2.29. The Kier molecular flexibility index (Phi) is 5.67. The maximum absolute atomic E-state index is 13.2. The fourth-order valence-corrected chi connectivity index (χ4v) is 4.02. The van der Waals surface area contributed by atoms with Crippen LogP contribution in [0.2, 0.25) is 5.02 Å². The van der Waals surface area contributed by atoms with Gasteiger partial charge in [0.25, 0.3) is 11.7 Å². The molecule has 2 heterocycles. The van der Waals surface area contributed by atoms with Crippen LogP contribution in [-0.4, -0.2) is 31.0 Å². The number of carbonyl (C=O) groups excluding carboxylic acids is 2. The van der Waals surface area contributed by atoms with Crippen molar-refractivity contribution in [2.45, 2.75) is 13.0 Å². The first-order valence-corrected chi connectivity index (χ1v) is 10.1. The minimum atomic E-state index is -0.975. The highest BCUT2D eigenvalue weighted by Crippen LogP contribution is 2.44. The zero-order chi connectivity index (χ0) is 23.0. The molecule has 0 radical (unpaired) electrons. The van der Waals surface area contributed by atoms with Gasteiger partial charge in [0.2, 0.25) is 0 Å². The maximum Gasteiger partial charge on any atom is 0.300 e. The third-order valence-corrected chi connectivity index (χ3v) is 5.56. The van der Waals surface area contributed by atoms with E-state index < -0.39 is 23.5 Å². The van der Waals surface area contributed by atoms with Crippen LogP contribution in [0.25, 0.3) is 5.76 Å². The number of ether oxygens (including phenoxy) is 2. The number of rotatable bonds is 5. The summed E-state index contributed by atoms with van der Waals surface area (Å²) in [4.78, 5) is 27.6. The third kappa shape index (κ3) is 3.50. The molecule has 1 amide bonds. The minimum Gasteiger partial charge on any atom is -0.507 e. The summed E-state index contributed by atoms with van der Waals surface area (Å²) >= 11 is 6.26. The number of halogens is 1. The van der Waals surface area contributed by atoms with Crippen LogP contribution in [0.3, 0.4) is 0 Å². The second-order valence-electron chi connectivity index (χ2n) is 7.21. The van der Waals surface area contributed by atoms with Crippen LogP contribution in [0.5, 0.6) is 11.5 Å². The van der Waals surface area contributed by atoms with E-state index >= 15 is 0 Å². The average Bonchev–Trinajstić information content (AvgIpc) is 3.40. The molecule has 1 aliphatic heterocycles. The van der Waals surface area contributed by atoms with Gasteiger partial charge in [0.05, 0.1) is 36.6 Å². The summed E-state index contributed by atoms with van der Waals surface area (Å²) in [5, 5.41) is 11.5. The molecule has 1 atom stereocenters. The number of methoxy groups -OCH3 is 2. The van der Waals surface area contributed by atoms with E-state index in [0.29, 0.717) is 17.2 Å². The van der Waals surface area contributed by atoms with E-state index in [1.807, 2.05) is 13.0 Å². The summed E-state index contributed by atoms with van der Waals surface area (Å²) in [5.41, 5.74) is 1.43. The molecule has 2 aromatic carbocycles. The number of aliphatic hydroxyl groups excluding tert-OH is 1. The van der Waals surface area contributed by atoms with Crippen LogP contribution >= 0.6 is 11.6 Å². The lowest BCUT2D eigenvalue weighted by Gasteiger charge is -2.24. The van der Waals surface area contributed by atoms with Crippen molar-refractivity contribution in [1.29, 1.82) is 0 Å². The molecule has 7 nitrogen and oxygen atoms in total. The number of aliphatic hydroxyl groups is 1. The normalized spacial score (nSPS) is 17.6. The molecule has 32 heavy (non-hydrogen) atoms. The molecule has 3 aromatic rings. The Morgan fingerprint density at radius 1 is 1.06 bits per heavy atom. The van der Waals surface area contributed by atoms with Gasteiger partial charge in [-0.2, -0.15) is 0 Å². The Morgan fingerprint density at radius 2 is 1.81 bits per heavy atom. The van der Waals surface area contributed by atoms with Gasteiger partial charge in [0.1, 0.15) is 29.1 Å². The van der Waals surface area contributed by atoms with E-state index in [4.69, 9.17) is 25.5 Å². The molecule has 1 fully saturated rings. The number of amides is 1. The van der Waals surface area contributed by atoms with Gasteiger partial charge in [-0.05, 0) is 42.8 Å². The third-order valence-electron chi connectivity index (χ3n) is 5.27. The summed E-state index contributed by atoms with van der Waals surface area (Å²) in [6.45, 7) is 1.88. The van der Waals surface area contributed by atoms with Crippen molar-refractivity contribution in [3.63, 3.8) is 0 Å². The summed E-state index contributed by atoms with van der Waals surface area (Å²) in [6, 6.07) is 12.4. The molecule has 4 rings (SSSR count). The standard InChI is InChI=1S/C24H20ClNO6/c1-13-6-4-7-14(10-13)26-21(17-8-5-9-32-17)20(23(28)24(26)29)22(27)15-11-16(25)19(31-3)12-18(15)30-2/h4-12,21,27H,1-3H3/b22-20-. The van der Waals surface area contributed by atoms with E-state index in [9.17, 15) is 14.7 Å². The number of nitrogens with zero attached hydrogens (tertiary/aromatic N) is 1. The van der Waals surface area contributed by atoms with Crippen molar-refractivity contribution in [3.8, 4) is 11.5 Å². The second kappa shape index (κ2) is 8.43. The number of anilines is 1. The molecule has 1 aliphatic rings. The highest BCUT2D eigenvalue weighted by molar-refractivity contribution is 6.51. The predicted octanol–water partition coefficient (Wildman–Crippen LogP) is 4.88. The van der Waals surface area contributed by atoms with Gasteiger partial charge < -0.3 is 19.0 Å². The summed E-state index contributed by atoms with van der Waals surface area (Å²) < 4.78 is 16.1. The molecule has 0 bridgehead atoms. The smallest absolute Gasteiger partial charge is 0.300 e. The van der Waals surface area contributed by atoms with Crippen LogP contribution < -0.4 is 14.4 Å². The summed E-state index contributed by atoms with van der Waals surface area (Å²) in [7, 11) is 2.86. The van der Waals surface area contributed by atoms with Gasteiger partial charge in [0, 0.05) is 11.8 Å². The number of ketones is 1. The summed E-state index contributed by atoms with van der Waals surface area (Å²) in [5.74, 6) is -1.17. The molecule has 1 N–H and O–H groups in total. The summed E-state index contributed by atoms with van der Waals surface area (Å²) in [6.07, 6.45) is 1.44. The van der Waals surface area contributed by atoms with Crippen molar-refractivity contribution in [2.24, 2.45) is 0 Å². The molecule has 164 valence electrons. The zero-order valence-electron chi connectivity index (χ0n) is 17.6. The molecular weight excluding hydrogens is 434 g/mol. The Morgan fingerprint density at radius 3 is 2.44 bits per heavy atom. The average molecular weight is 454 g/mol. The molecule has 1 aromatic heterocycles. The van der Waals surface area contributed by atoms with Crippen molar-refractivity contribution in [1.82, 2.24) is 0 Å². The first-order valence-electron chi connectivity index (χ1n) is 9.70. The monoisotopic (exact) mass is 453 g/mol. The Bertz CT molecular complexity index is 1230. The number of Topliss-reactive ketones (excluding diaryl/α,β-unsaturated/α-hetero) is 1. The van der Waals surface area contributed by atoms with Gasteiger partial charge in [0.15, 0.2) is 0 Å². The first-order chi connectivity index (χ1) is 15.4. The van der Waals surface area contributed by atoms with Crippen LogP contribution in [-0.2, 0) is 9.59 Å². The fourth-order valence-electron chi connectivity index (χ4n) is 3.78. The quantitative estimate of drug-likeness (QED) is 0.336. The van der Waals surface area contributed by atoms with Gasteiger partial charge in [-0.1, -0.05) is 23.7 Å². The van der Waals surface area contributed by atoms with Crippen LogP contribution in [0, 0.1) is 6.92 Å². The largest absolute Gasteiger partial charge is 0.507 e. The molecular formula is C24H20ClNO6. The van der Waals surface area contributed by atoms with Crippen molar-refractivity contribution < 1.29 is 28.6 Å². The SMILES string of the molecule is COc1cc(OC)c(/C(O)=C2/C(=O)C(=O)N(c3cccc(C)c3)C2c2ccco2)cc1Cl. The molecule has 1 saturated heterocycles. The van der Waals surface area contributed by atoms with Gasteiger partial charge in [-0.25, -0.2) is 0 Å². The van der Waals surface area contributed by atoms with Crippen LogP contribution in [0.1, 0.15) is 22.9 Å². The van der Waals surface area contributed by atoms with Gasteiger partial charge in [-0.15, -0.1) is 0 Å². The topological polar surface area (TPSA) is 89.2 Å². The van der Waals surface area contributed by atoms with Crippen LogP contribution in [0.4, 0.5) is 5.69 Å². The maximum atomic E-state index is 13.2. The highest BCUT2D eigenvalue weighted by Gasteiger charge is 2.48. The Balaban J connectivity index is 1.96. The van der Waals surface area contributed by atoms with E-state index in [0.717, 1.165) is 5.56 Å². The molecule has 8 heteroatoms. The minimum absolute atomic E-state index is 0.133. The van der Waals surface area contributed by atoms with E-state index in [1.54, 1.807) is 30.3 Å². The fraction of sp³-hybridized carbons (Fsp3) is 0.167. The lowest BCUT2D eigenvalue weighted by molar-refractivity contribution is -0.132. The number of furan rings is 1. The number of hydrogen-bond donors (Lipinski definition) is 1. The van der Waals surface area contributed by atoms with E-state index in [2.05, 4.69) is 0 Å². The molecule has 1 unspecified atom stereocenters. The second-order valence-corrected chi connectivity index (χ2v) is 7.62. The Hall–Kier alpha value is -3.71.